The van der Waals surface area contributed by atoms with Crippen molar-refractivity contribution in [3.05, 3.63) is 41.9 Å². The summed E-state index contributed by atoms with van der Waals surface area (Å²) in [5, 5.41) is 8.22. The molecule has 0 radical (unpaired) electrons. The van der Waals surface area contributed by atoms with Gasteiger partial charge in [-0.2, -0.15) is 0 Å². The van der Waals surface area contributed by atoms with Crippen molar-refractivity contribution >= 4 is 15.7 Å². The molecule has 0 atom stereocenters. The first kappa shape index (κ1) is 15.4. The van der Waals surface area contributed by atoms with Crippen LogP contribution in [0.4, 0.5) is 5.69 Å². The van der Waals surface area contributed by atoms with E-state index < -0.39 is 10.0 Å². The SMILES string of the molecule is CCc1ccc(CNc2cc(S(N)(=O)=O)ccc2OC)o1. The third kappa shape index (κ3) is 3.77. The predicted octanol–water partition coefficient (Wildman–Crippen LogP) is 2.11. The standard InChI is InChI=1S/C14H18N2O4S/c1-3-10-4-5-11(20-10)9-16-13-8-12(21(15,17)18)6-7-14(13)19-2/h4-8,16H,3,9H2,1-2H3,(H2,15,17,18). The van der Waals surface area contributed by atoms with Crippen molar-refractivity contribution in [1.82, 2.24) is 0 Å². The molecule has 2 rings (SSSR count). The number of benzene rings is 1. The van der Waals surface area contributed by atoms with Gasteiger partial charge in [0.1, 0.15) is 17.3 Å². The van der Waals surface area contributed by atoms with Gasteiger partial charge in [-0.1, -0.05) is 6.92 Å². The van der Waals surface area contributed by atoms with E-state index in [2.05, 4.69) is 5.32 Å². The zero-order chi connectivity index (χ0) is 15.5. The third-order valence-corrected chi connectivity index (χ3v) is 3.93. The summed E-state index contributed by atoms with van der Waals surface area (Å²) >= 11 is 0. The molecule has 0 spiro atoms. The molecular formula is C14H18N2O4S. The molecule has 0 saturated carbocycles. The number of nitrogens with two attached hydrogens (primary N) is 1. The second kappa shape index (κ2) is 6.19. The Labute approximate surface area is 124 Å². The lowest BCUT2D eigenvalue weighted by atomic mass is 10.3. The Hall–Kier alpha value is -1.99. The summed E-state index contributed by atoms with van der Waals surface area (Å²) in [7, 11) is -2.24. The average Bonchev–Trinajstić information content (AvgIpc) is 2.91. The first-order valence-corrected chi connectivity index (χ1v) is 8.01. The van der Waals surface area contributed by atoms with Gasteiger partial charge in [0.25, 0.3) is 0 Å². The Morgan fingerprint density at radius 3 is 2.52 bits per heavy atom. The van der Waals surface area contributed by atoms with Gasteiger partial charge in [-0.3, -0.25) is 0 Å². The first-order chi connectivity index (χ1) is 9.94. The highest BCUT2D eigenvalue weighted by atomic mass is 32.2. The van der Waals surface area contributed by atoms with Crippen LogP contribution >= 0.6 is 0 Å². The van der Waals surface area contributed by atoms with Crippen molar-refractivity contribution in [2.24, 2.45) is 5.14 Å². The molecule has 0 aliphatic carbocycles. The van der Waals surface area contributed by atoms with Crippen LogP contribution in [0.1, 0.15) is 18.4 Å². The van der Waals surface area contributed by atoms with Crippen molar-refractivity contribution in [3.8, 4) is 5.75 Å². The van der Waals surface area contributed by atoms with Gasteiger partial charge in [-0.05, 0) is 30.3 Å². The van der Waals surface area contributed by atoms with E-state index in [0.29, 0.717) is 18.0 Å². The van der Waals surface area contributed by atoms with E-state index in [1.54, 1.807) is 6.07 Å². The van der Waals surface area contributed by atoms with Crippen LogP contribution in [-0.2, 0) is 23.0 Å². The summed E-state index contributed by atoms with van der Waals surface area (Å²) in [6.07, 6.45) is 0.824. The lowest BCUT2D eigenvalue weighted by molar-refractivity contribution is 0.415. The minimum atomic E-state index is -3.75. The molecule has 7 heteroatoms. The van der Waals surface area contributed by atoms with Gasteiger partial charge in [-0.25, -0.2) is 13.6 Å². The molecule has 2 aromatic rings. The van der Waals surface area contributed by atoms with E-state index in [1.165, 1.54) is 19.2 Å². The molecule has 0 amide bonds. The molecule has 6 nitrogen and oxygen atoms in total. The van der Waals surface area contributed by atoms with Crippen LogP contribution in [0, 0.1) is 0 Å². The van der Waals surface area contributed by atoms with Crippen LogP contribution in [-0.4, -0.2) is 15.5 Å². The van der Waals surface area contributed by atoms with Crippen molar-refractivity contribution in [3.63, 3.8) is 0 Å². The molecule has 21 heavy (non-hydrogen) atoms. The summed E-state index contributed by atoms with van der Waals surface area (Å²) in [5.41, 5.74) is 0.540. The first-order valence-electron chi connectivity index (χ1n) is 6.46. The number of primary sulfonamides is 1. The Morgan fingerprint density at radius 2 is 1.95 bits per heavy atom. The highest BCUT2D eigenvalue weighted by Crippen LogP contribution is 2.27. The number of nitrogens with one attached hydrogen (secondary N) is 1. The number of methoxy groups -OCH3 is 1. The molecule has 114 valence electrons. The van der Waals surface area contributed by atoms with Gasteiger partial charge >= 0.3 is 0 Å². The van der Waals surface area contributed by atoms with Gasteiger partial charge < -0.3 is 14.5 Å². The number of anilines is 1. The number of rotatable bonds is 6. The topological polar surface area (TPSA) is 94.6 Å². The Kier molecular flexibility index (Phi) is 4.54. The molecule has 1 aromatic carbocycles. The van der Waals surface area contributed by atoms with Gasteiger partial charge in [0.05, 0.1) is 24.2 Å². The summed E-state index contributed by atoms with van der Waals surface area (Å²) in [4.78, 5) is 0.0273. The fraction of sp³-hybridized carbons (Fsp3) is 0.286. The molecule has 0 saturated heterocycles. The van der Waals surface area contributed by atoms with Crippen LogP contribution < -0.4 is 15.2 Å². The van der Waals surface area contributed by atoms with Crippen molar-refractivity contribution < 1.29 is 17.6 Å². The molecule has 0 aliphatic rings. The van der Waals surface area contributed by atoms with Crippen molar-refractivity contribution in [2.75, 3.05) is 12.4 Å². The largest absolute Gasteiger partial charge is 0.495 e. The summed E-state index contributed by atoms with van der Waals surface area (Å²) in [5.74, 6) is 2.19. The van der Waals surface area contributed by atoms with Crippen LogP contribution in [0.25, 0.3) is 0 Å². The minimum Gasteiger partial charge on any atom is -0.495 e. The lowest BCUT2D eigenvalue weighted by Gasteiger charge is -2.11. The molecule has 0 aliphatic heterocycles. The van der Waals surface area contributed by atoms with Crippen molar-refractivity contribution in [1.29, 1.82) is 0 Å². The average molecular weight is 310 g/mol. The van der Waals surface area contributed by atoms with Crippen LogP contribution in [0.3, 0.4) is 0 Å². The fourth-order valence-electron chi connectivity index (χ4n) is 1.89. The highest BCUT2D eigenvalue weighted by molar-refractivity contribution is 7.89. The second-order valence-corrected chi connectivity index (χ2v) is 6.04. The normalized spacial score (nSPS) is 11.4. The molecule has 0 unspecified atom stereocenters. The van der Waals surface area contributed by atoms with Crippen LogP contribution in [0.15, 0.2) is 39.6 Å². The van der Waals surface area contributed by atoms with E-state index in [9.17, 15) is 8.42 Å². The van der Waals surface area contributed by atoms with Gasteiger partial charge in [0.15, 0.2) is 0 Å². The maximum absolute atomic E-state index is 11.4. The Balaban J connectivity index is 2.21. The summed E-state index contributed by atoms with van der Waals surface area (Å²) in [6.45, 7) is 2.43. The number of aryl methyl sites for hydroxylation is 1. The van der Waals surface area contributed by atoms with E-state index in [1.807, 2.05) is 19.1 Å². The molecule has 0 fully saturated rings. The molecule has 0 bridgehead atoms. The smallest absolute Gasteiger partial charge is 0.238 e. The Bertz CT molecular complexity index is 722. The molecule has 1 heterocycles. The van der Waals surface area contributed by atoms with Crippen LogP contribution in [0.2, 0.25) is 0 Å². The number of ether oxygens (including phenoxy) is 1. The number of hydrogen-bond acceptors (Lipinski definition) is 5. The monoisotopic (exact) mass is 310 g/mol. The minimum absolute atomic E-state index is 0.0273. The lowest BCUT2D eigenvalue weighted by Crippen LogP contribution is -2.12. The zero-order valence-electron chi connectivity index (χ0n) is 11.9. The van der Waals surface area contributed by atoms with E-state index in [-0.39, 0.29) is 4.90 Å². The maximum atomic E-state index is 11.4. The Morgan fingerprint density at radius 1 is 1.24 bits per heavy atom. The molecule has 3 N–H and O–H groups in total. The van der Waals surface area contributed by atoms with Crippen LogP contribution in [0.5, 0.6) is 5.75 Å². The summed E-state index contributed by atoms with van der Waals surface area (Å²) < 4.78 is 33.6. The van der Waals surface area contributed by atoms with Gasteiger partial charge in [-0.15, -0.1) is 0 Å². The third-order valence-electron chi connectivity index (χ3n) is 3.02. The summed E-state index contributed by atoms with van der Waals surface area (Å²) in [6, 6.07) is 8.19. The van der Waals surface area contributed by atoms with E-state index in [0.717, 1.165) is 17.9 Å². The predicted molar refractivity (Wildman–Crippen MR) is 79.8 cm³/mol. The second-order valence-electron chi connectivity index (χ2n) is 4.48. The highest BCUT2D eigenvalue weighted by Gasteiger charge is 2.12. The van der Waals surface area contributed by atoms with Gasteiger partial charge in [0.2, 0.25) is 10.0 Å². The molecular weight excluding hydrogens is 292 g/mol. The molecule has 1 aromatic heterocycles. The zero-order valence-corrected chi connectivity index (χ0v) is 12.7. The van der Waals surface area contributed by atoms with Gasteiger partial charge in [0, 0.05) is 6.42 Å². The van der Waals surface area contributed by atoms with E-state index >= 15 is 0 Å². The quantitative estimate of drug-likeness (QED) is 0.852. The number of furan rings is 1. The van der Waals surface area contributed by atoms with E-state index in [4.69, 9.17) is 14.3 Å². The fourth-order valence-corrected chi connectivity index (χ4v) is 2.43. The number of sulfonamides is 1. The maximum Gasteiger partial charge on any atom is 0.238 e. The van der Waals surface area contributed by atoms with Crippen molar-refractivity contribution in [2.45, 2.75) is 24.8 Å². The number of hydrogen-bond donors (Lipinski definition) is 2.